The molecule has 11 unspecified atom stereocenters. The molecule has 0 bridgehead atoms. The Balaban J connectivity index is 0.000000313. The third-order valence-electron chi connectivity index (χ3n) is 22.7. The van der Waals surface area contributed by atoms with Crippen molar-refractivity contribution in [1.82, 2.24) is 15.0 Å². The van der Waals surface area contributed by atoms with Gasteiger partial charge in [0.05, 0.1) is 20.2 Å². The number of hydrogen-bond donors (Lipinski definition) is 2. The molecule has 10 aromatic rings. The van der Waals surface area contributed by atoms with E-state index in [1.54, 1.807) is 0 Å². The average molecular weight is 1750 g/mol. The molecule has 2 N–H and O–H groups in total. The Morgan fingerprint density at radius 1 is 0.370 bits per heavy atom. The first-order valence-corrected chi connectivity index (χ1v) is 45.8. The Morgan fingerprint density at radius 3 is 0.891 bits per heavy atom. The number of rotatable bonds is 44. The van der Waals surface area contributed by atoms with Gasteiger partial charge in [0.2, 0.25) is 0 Å². The molecule has 7 aromatic heterocycles. The minimum absolute atomic E-state index is 0. The quantitative estimate of drug-likeness (QED) is 0.0118. The number of nitrogens with zero attached hydrogens (tertiary/aromatic N) is 7. The van der Waals surface area contributed by atoms with Gasteiger partial charge in [-0.3, -0.25) is 24.0 Å². The first-order valence-electron chi connectivity index (χ1n) is 41.6. The van der Waals surface area contributed by atoms with Crippen molar-refractivity contribution in [2.45, 2.75) is 249 Å². The van der Waals surface area contributed by atoms with Gasteiger partial charge >= 0.3 is 5.97 Å². The lowest BCUT2D eigenvalue weighted by atomic mass is 9.75. The third-order valence-corrected chi connectivity index (χ3v) is 24.3. The van der Waals surface area contributed by atoms with Gasteiger partial charge in [-0.1, -0.05) is 139 Å². The molecule has 119 heavy (non-hydrogen) atoms. The SMILES string of the molecule is CCC(CC(CC(C)c1ccccc1)c1ccncc1)c1cc[n+](CCCCCC(=O)O)cc1.CCC(CC(CC(C)c1ccccc1)c1ccncc1)c1cc[n+](CCCS(=O)(=O)[O-])cc1.CCC(O)C[n+]1ccc(C(CC(CC)c2cc[n+](CCCS(=O)(=O)[O-])cc2)CC(CC(C)c2ccccc2)c2ccncc2)cc1.O=S([O-])[O-].[Br-].[CH3+]. The van der Waals surface area contributed by atoms with Gasteiger partial charge in [-0.2, -0.15) is 0 Å². The number of aryl methyl sites for hydroxylation is 3. The number of halogens is 1. The number of carboxylic acids is 1. The number of pyridine rings is 7. The standard InChI is InChI=1S/C38H50N3O4S.C30H38N2O2.C27H34N2O3S.CH3.BrH.H2O3S/c1-4-31(34-14-21-40(22-15-34)20-9-25-46(43,44)45)27-37(35-16-23-41(24-17-35)29-38(42)5-2)28-36(33-12-18-39-19-13-33)26-30(3)32-10-7-6-8-11-32;1-3-25(28-15-20-32(21-16-28)19-9-5-8-12-30(33)34)23-29(27-13-17-31-18-14-27)22-24(2)26-10-6-4-7-11-26;1-3-23(26-12-17-29(18-13-26)16-7-19-33(30,31)32)21-27(25-10-14-28-15-11-25)20-22(2)24-8-5-4-6-9-24;;;1-4(2)3/h6-8,10-19,21-24,30-31,36-38,42H,4-5,9,20,25-29H2,1-3H3;4,6-7,10-11,13-18,20-21,24-25,29H,3,5,8-9,12,19,22-23H2,1-2H3;4-6,8-15,17-18,22-23,27H,3,7,16,19-21H2,1-2H3;1H3;1H;(H2,1,2,3)/q+1;;;+1;;/p-2. The summed E-state index contributed by atoms with van der Waals surface area (Å²) in [4.78, 5) is 23.4. The molecule has 3 aromatic carbocycles. The number of aromatic nitrogens is 7. The lowest BCUT2D eigenvalue weighted by Gasteiger charge is -2.29. The molecule has 0 saturated heterocycles. The molecular weight excluding hydrogens is 1620 g/mol. The van der Waals surface area contributed by atoms with E-state index < -0.39 is 37.6 Å². The molecule has 0 aliphatic heterocycles. The molecule has 23 heteroatoms. The summed E-state index contributed by atoms with van der Waals surface area (Å²) in [5.74, 6) is 2.76. The fourth-order valence-corrected chi connectivity index (χ4v) is 16.9. The maximum absolute atomic E-state index is 11.0. The van der Waals surface area contributed by atoms with Crippen molar-refractivity contribution < 1.29 is 89.5 Å². The zero-order valence-electron chi connectivity index (χ0n) is 70.7. The molecule has 0 radical (unpaired) electrons. The van der Waals surface area contributed by atoms with Crippen molar-refractivity contribution in [3.8, 4) is 0 Å². The Labute approximate surface area is 723 Å². The van der Waals surface area contributed by atoms with Crippen LogP contribution in [-0.2, 0) is 62.6 Å². The van der Waals surface area contributed by atoms with Gasteiger partial charge in [-0.05, 0) is 235 Å². The summed E-state index contributed by atoms with van der Waals surface area (Å²) in [6.07, 6.45) is 42.4. The Hall–Kier alpha value is -8.62. The Bertz CT molecular complexity index is 4640. The maximum atomic E-state index is 11.0. The van der Waals surface area contributed by atoms with E-state index in [1.165, 1.54) is 55.6 Å². The van der Waals surface area contributed by atoms with Gasteiger partial charge in [0, 0.05) is 130 Å². The van der Waals surface area contributed by atoms with E-state index in [0.29, 0.717) is 91.7 Å². The summed E-state index contributed by atoms with van der Waals surface area (Å²) >= 11 is -3.11. The second-order valence-electron chi connectivity index (χ2n) is 31.2. The number of aliphatic carboxylic acids is 1. The van der Waals surface area contributed by atoms with Crippen LogP contribution >= 0.6 is 0 Å². The van der Waals surface area contributed by atoms with Crippen LogP contribution < -0.4 is 35.2 Å². The van der Waals surface area contributed by atoms with Crippen LogP contribution in [0, 0.1) is 7.43 Å². The molecule has 0 fully saturated rings. The van der Waals surface area contributed by atoms with Gasteiger partial charge in [0.25, 0.3) is 0 Å². The summed E-state index contributed by atoms with van der Waals surface area (Å²) in [7, 11) is -8.36. The minimum atomic E-state index is -4.20. The molecule has 0 spiro atoms. The fraction of sp³-hybridized carbons (Fsp3) is 0.427. The number of aliphatic hydroxyl groups is 1. The van der Waals surface area contributed by atoms with Crippen LogP contribution in [0.1, 0.15) is 272 Å². The van der Waals surface area contributed by atoms with Crippen molar-refractivity contribution in [1.29, 1.82) is 0 Å². The van der Waals surface area contributed by atoms with E-state index in [1.807, 2.05) is 78.0 Å². The Kier molecular flexibility index (Phi) is 46.3. The number of benzene rings is 3. The largest absolute Gasteiger partial charge is 1.00 e. The number of carboxylic acid groups (broad SMARTS) is 1. The van der Waals surface area contributed by atoms with E-state index in [0.717, 1.165) is 96.4 Å². The first kappa shape index (κ1) is 101. The van der Waals surface area contributed by atoms with Crippen LogP contribution in [0.3, 0.4) is 0 Å². The lowest BCUT2D eigenvalue weighted by molar-refractivity contribution is -0.703. The van der Waals surface area contributed by atoms with E-state index in [9.17, 15) is 35.8 Å². The van der Waals surface area contributed by atoms with Crippen LogP contribution in [-0.4, -0.2) is 88.0 Å². The van der Waals surface area contributed by atoms with Crippen LogP contribution in [0.2, 0.25) is 0 Å². The van der Waals surface area contributed by atoms with Crippen LogP contribution in [0.15, 0.2) is 263 Å². The third kappa shape index (κ3) is 38.3. The summed E-state index contributed by atoms with van der Waals surface area (Å²) in [6, 6.07) is 62.8. The van der Waals surface area contributed by atoms with E-state index >= 15 is 0 Å². The molecule has 0 saturated carbocycles. The smallest absolute Gasteiger partial charge is 0.303 e. The van der Waals surface area contributed by atoms with E-state index in [2.05, 4.69) is 266 Å². The maximum Gasteiger partial charge on any atom is 0.303 e. The van der Waals surface area contributed by atoms with Crippen molar-refractivity contribution in [2.75, 3.05) is 11.5 Å². The highest BCUT2D eigenvalue weighted by atomic mass is 79.9. The van der Waals surface area contributed by atoms with E-state index in [4.69, 9.17) is 18.4 Å². The predicted octanol–water partition coefficient (Wildman–Crippen LogP) is 14.9. The monoisotopic (exact) mass is 1740 g/mol. The average Bonchev–Trinajstić information content (AvgIpc) is 0.833. The number of carbonyl (C=O) groups is 1. The minimum Gasteiger partial charge on any atom is -1.00 e. The summed E-state index contributed by atoms with van der Waals surface area (Å²) in [6.45, 7) is 18.3. The van der Waals surface area contributed by atoms with Crippen molar-refractivity contribution in [3.63, 3.8) is 0 Å². The number of unbranched alkanes of at least 4 members (excludes halogenated alkanes) is 2. The molecule has 7 heterocycles. The summed E-state index contributed by atoms with van der Waals surface area (Å²) < 4.78 is 99.0. The van der Waals surface area contributed by atoms with E-state index in [-0.39, 0.29) is 48.4 Å². The molecule has 10 rings (SSSR count). The summed E-state index contributed by atoms with van der Waals surface area (Å²) in [5, 5.41) is 19.0. The fourth-order valence-electron chi connectivity index (χ4n) is 15.9. The second-order valence-corrected chi connectivity index (χ2v) is 34.6. The molecule has 19 nitrogen and oxygen atoms in total. The Morgan fingerprint density at radius 2 is 0.622 bits per heavy atom. The molecular formula is C96H126BrN7O12S3. The number of aliphatic hydroxyl groups excluding tert-OH is 1. The topological polar surface area (TPSA) is 289 Å². The highest BCUT2D eigenvalue weighted by Crippen LogP contribution is 2.43. The van der Waals surface area contributed by atoms with Gasteiger partial charge in [-0.25, -0.2) is 35.1 Å². The van der Waals surface area contributed by atoms with Gasteiger partial charge in [0.1, 0.15) is 25.7 Å². The predicted molar refractivity (Wildman–Crippen MR) is 463 cm³/mol. The molecule has 0 amide bonds. The van der Waals surface area contributed by atoms with Gasteiger partial charge < -0.3 is 45.4 Å². The molecule has 0 aliphatic carbocycles. The van der Waals surface area contributed by atoms with Crippen LogP contribution in [0.25, 0.3) is 0 Å². The number of hydrogen-bond acceptors (Lipinski definition) is 14. The van der Waals surface area contributed by atoms with Crippen molar-refractivity contribution in [3.05, 3.63) is 326 Å². The van der Waals surface area contributed by atoms with Crippen molar-refractivity contribution in [2.24, 2.45) is 0 Å². The molecule has 11 atom stereocenters. The normalized spacial score (nSPS) is 14.1. The van der Waals surface area contributed by atoms with Crippen LogP contribution in [0.4, 0.5) is 0 Å². The zero-order valence-corrected chi connectivity index (χ0v) is 74.7. The van der Waals surface area contributed by atoms with Crippen molar-refractivity contribution >= 4 is 37.6 Å². The molecule has 0 aliphatic rings. The lowest BCUT2D eigenvalue weighted by Crippen LogP contribution is -3.00. The first-order chi connectivity index (χ1) is 56.3. The molecule has 642 valence electrons. The van der Waals surface area contributed by atoms with Gasteiger partial charge in [-0.15, -0.1) is 11.4 Å². The highest BCUT2D eigenvalue weighted by Gasteiger charge is 2.29. The van der Waals surface area contributed by atoms with Gasteiger partial charge in [0.15, 0.2) is 56.1 Å². The highest BCUT2D eigenvalue weighted by molar-refractivity contribution is 7.85. The summed E-state index contributed by atoms with van der Waals surface area (Å²) in [5.41, 5.74) is 13.4. The second kappa shape index (κ2) is 54.6. The zero-order chi connectivity index (χ0) is 84.4. The van der Waals surface area contributed by atoms with Crippen LogP contribution in [0.5, 0.6) is 0 Å².